The molecule has 0 bridgehead atoms. The van der Waals surface area contributed by atoms with Gasteiger partial charge in [-0.1, -0.05) is 24.3 Å². The van der Waals surface area contributed by atoms with Crippen molar-refractivity contribution in [2.75, 3.05) is 17.2 Å². The second-order valence-corrected chi connectivity index (χ2v) is 5.48. The predicted octanol–water partition coefficient (Wildman–Crippen LogP) is 2.88. The molecule has 2 aromatic rings. The van der Waals surface area contributed by atoms with Crippen molar-refractivity contribution >= 4 is 23.2 Å². The fraction of sp³-hybridized carbons (Fsp3) is 0.222. The molecule has 0 aliphatic rings. The molecule has 23 heavy (non-hydrogen) atoms. The third-order valence-corrected chi connectivity index (χ3v) is 3.06. The van der Waals surface area contributed by atoms with E-state index >= 15 is 0 Å². The van der Waals surface area contributed by atoms with Gasteiger partial charge in [-0.25, -0.2) is 0 Å². The predicted molar refractivity (Wildman–Crippen MR) is 92.6 cm³/mol. The highest BCUT2D eigenvalue weighted by molar-refractivity contribution is 6.04. The van der Waals surface area contributed by atoms with E-state index in [2.05, 4.69) is 16.0 Å². The Morgan fingerprint density at radius 1 is 0.957 bits per heavy atom. The van der Waals surface area contributed by atoms with Crippen LogP contribution in [0.4, 0.5) is 11.4 Å². The molecule has 0 spiro atoms. The van der Waals surface area contributed by atoms with E-state index in [1.165, 1.54) is 0 Å². The number of anilines is 2. The zero-order valence-corrected chi connectivity index (χ0v) is 13.3. The lowest BCUT2D eigenvalue weighted by Gasteiger charge is -2.11. The highest BCUT2D eigenvalue weighted by Gasteiger charge is 2.06. The first kappa shape index (κ1) is 16.5. The molecule has 2 rings (SSSR count). The standard InChI is InChI=1S/C18H21N3O2/c1-13(2)20-17(22)12-19-15-9-6-10-16(11-15)21-18(23)14-7-4-3-5-8-14/h3-11,13,19H,12H2,1-2H3,(H,20,22)(H,21,23). The van der Waals surface area contributed by atoms with E-state index < -0.39 is 0 Å². The van der Waals surface area contributed by atoms with E-state index in [-0.39, 0.29) is 24.4 Å². The van der Waals surface area contributed by atoms with Crippen LogP contribution >= 0.6 is 0 Å². The molecule has 3 N–H and O–H groups in total. The summed E-state index contributed by atoms with van der Waals surface area (Å²) in [4.78, 5) is 23.7. The van der Waals surface area contributed by atoms with E-state index in [0.29, 0.717) is 11.3 Å². The minimum Gasteiger partial charge on any atom is -0.376 e. The van der Waals surface area contributed by atoms with Gasteiger partial charge in [-0.3, -0.25) is 9.59 Å². The summed E-state index contributed by atoms with van der Waals surface area (Å²) in [6.45, 7) is 4.02. The van der Waals surface area contributed by atoms with Gasteiger partial charge in [0.25, 0.3) is 5.91 Å². The van der Waals surface area contributed by atoms with Crippen molar-refractivity contribution < 1.29 is 9.59 Å². The van der Waals surface area contributed by atoms with Crippen molar-refractivity contribution in [3.63, 3.8) is 0 Å². The van der Waals surface area contributed by atoms with Crippen LogP contribution in [0.2, 0.25) is 0 Å². The monoisotopic (exact) mass is 311 g/mol. The fourth-order valence-electron chi connectivity index (χ4n) is 2.06. The van der Waals surface area contributed by atoms with Crippen molar-refractivity contribution in [3.8, 4) is 0 Å². The van der Waals surface area contributed by atoms with Gasteiger partial charge in [0.05, 0.1) is 6.54 Å². The number of carbonyl (C=O) groups is 2. The molecule has 2 amide bonds. The molecule has 0 fully saturated rings. The summed E-state index contributed by atoms with van der Waals surface area (Å²) in [6, 6.07) is 16.4. The minimum absolute atomic E-state index is 0.0706. The van der Waals surface area contributed by atoms with Crippen LogP contribution in [0.25, 0.3) is 0 Å². The van der Waals surface area contributed by atoms with E-state index in [0.717, 1.165) is 5.69 Å². The second-order valence-electron chi connectivity index (χ2n) is 5.48. The third-order valence-electron chi connectivity index (χ3n) is 3.06. The highest BCUT2D eigenvalue weighted by atomic mass is 16.2. The van der Waals surface area contributed by atoms with E-state index in [1.54, 1.807) is 24.3 Å². The lowest BCUT2D eigenvalue weighted by molar-refractivity contribution is -0.119. The van der Waals surface area contributed by atoms with Crippen molar-refractivity contribution in [2.45, 2.75) is 19.9 Å². The van der Waals surface area contributed by atoms with E-state index in [4.69, 9.17) is 0 Å². The zero-order chi connectivity index (χ0) is 16.7. The van der Waals surface area contributed by atoms with Gasteiger partial charge in [-0.2, -0.15) is 0 Å². The summed E-state index contributed by atoms with van der Waals surface area (Å²) in [6.07, 6.45) is 0. The molecule has 2 aromatic carbocycles. The van der Waals surface area contributed by atoms with Crippen molar-refractivity contribution in [3.05, 3.63) is 60.2 Å². The van der Waals surface area contributed by atoms with Crippen LogP contribution in [0.5, 0.6) is 0 Å². The van der Waals surface area contributed by atoms with Crippen LogP contribution in [-0.2, 0) is 4.79 Å². The Bertz CT molecular complexity index is 669. The van der Waals surface area contributed by atoms with Crippen molar-refractivity contribution in [1.29, 1.82) is 0 Å². The van der Waals surface area contributed by atoms with Gasteiger partial charge in [0.15, 0.2) is 0 Å². The van der Waals surface area contributed by atoms with Crippen LogP contribution in [0, 0.1) is 0 Å². The first-order valence-corrected chi connectivity index (χ1v) is 7.54. The number of nitrogens with one attached hydrogen (secondary N) is 3. The number of hydrogen-bond donors (Lipinski definition) is 3. The van der Waals surface area contributed by atoms with Gasteiger partial charge >= 0.3 is 0 Å². The summed E-state index contributed by atoms with van der Waals surface area (Å²) in [7, 11) is 0. The van der Waals surface area contributed by atoms with Gasteiger partial charge < -0.3 is 16.0 Å². The molecule has 0 saturated carbocycles. The Balaban J connectivity index is 1.94. The molecule has 0 unspecified atom stereocenters. The first-order chi connectivity index (χ1) is 11.0. The Morgan fingerprint density at radius 2 is 1.65 bits per heavy atom. The Labute approximate surface area is 136 Å². The maximum absolute atomic E-state index is 12.1. The molecule has 0 radical (unpaired) electrons. The molecular weight excluding hydrogens is 290 g/mol. The van der Waals surface area contributed by atoms with Crippen LogP contribution in [0.15, 0.2) is 54.6 Å². The molecular formula is C18H21N3O2. The molecule has 5 heteroatoms. The summed E-state index contributed by atoms with van der Waals surface area (Å²) >= 11 is 0. The number of amides is 2. The average Bonchev–Trinajstić information content (AvgIpc) is 2.53. The largest absolute Gasteiger partial charge is 0.376 e. The van der Waals surface area contributed by atoms with E-state index in [9.17, 15) is 9.59 Å². The number of carbonyl (C=O) groups excluding carboxylic acids is 2. The summed E-state index contributed by atoms with van der Waals surface area (Å²) in [5.41, 5.74) is 2.05. The van der Waals surface area contributed by atoms with Crippen molar-refractivity contribution in [1.82, 2.24) is 5.32 Å². The molecule has 0 atom stereocenters. The first-order valence-electron chi connectivity index (χ1n) is 7.54. The second kappa shape index (κ2) is 7.98. The third kappa shape index (κ3) is 5.47. The van der Waals surface area contributed by atoms with Crippen LogP contribution in [0.3, 0.4) is 0 Å². The number of rotatable bonds is 6. The maximum Gasteiger partial charge on any atom is 0.255 e. The summed E-state index contributed by atoms with van der Waals surface area (Å²) in [5.74, 6) is -0.237. The lowest BCUT2D eigenvalue weighted by atomic mass is 10.2. The molecule has 0 aliphatic heterocycles. The normalized spacial score (nSPS) is 10.2. The SMILES string of the molecule is CC(C)NC(=O)CNc1cccc(NC(=O)c2ccccc2)c1. The summed E-state index contributed by atoms with van der Waals surface area (Å²) in [5, 5.41) is 8.69. The van der Waals surface area contributed by atoms with Gasteiger partial charge in [-0.15, -0.1) is 0 Å². The number of benzene rings is 2. The van der Waals surface area contributed by atoms with Gasteiger partial charge in [0, 0.05) is 23.0 Å². The smallest absolute Gasteiger partial charge is 0.255 e. The molecule has 0 heterocycles. The fourth-order valence-corrected chi connectivity index (χ4v) is 2.06. The van der Waals surface area contributed by atoms with Crippen molar-refractivity contribution in [2.24, 2.45) is 0 Å². The van der Waals surface area contributed by atoms with Gasteiger partial charge in [0.1, 0.15) is 0 Å². The average molecular weight is 311 g/mol. The lowest BCUT2D eigenvalue weighted by Crippen LogP contribution is -2.34. The Hall–Kier alpha value is -2.82. The maximum atomic E-state index is 12.1. The summed E-state index contributed by atoms with van der Waals surface area (Å²) < 4.78 is 0. The van der Waals surface area contributed by atoms with Crippen LogP contribution < -0.4 is 16.0 Å². The zero-order valence-electron chi connectivity index (χ0n) is 13.3. The van der Waals surface area contributed by atoms with E-state index in [1.807, 2.05) is 44.2 Å². The highest BCUT2D eigenvalue weighted by Crippen LogP contribution is 2.16. The Morgan fingerprint density at radius 3 is 2.35 bits per heavy atom. The van der Waals surface area contributed by atoms with Crippen LogP contribution in [-0.4, -0.2) is 24.4 Å². The quantitative estimate of drug-likeness (QED) is 0.768. The molecule has 120 valence electrons. The van der Waals surface area contributed by atoms with Gasteiger partial charge in [0.2, 0.25) is 5.91 Å². The minimum atomic E-state index is -0.166. The molecule has 0 saturated heterocycles. The Kier molecular flexibility index (Phi) is 5.74. The van der Waals surface area contributed by atoms with Crippen LogP contribution in [0.1, 0.15) is 24.2 Å². The molecule has 0 aliphatic carbocycles. The number of hydrogen-bond acceptors (Lipinski definition) is 3. The topological polar surface area (TPSA) is 70.2 Å². The molecule has 5 nitrogen and oxygen atoms in total. The molecule has 0 aromatic heterocycles. The van der Waals surface area contributed by atoms with Gasteiger partial charge in [-0.05, 0) is 44.2 Å².